The Kier molecular flexibility index (Phi) is 4.94. The van der Waals surface area contributed by atoms with Crippen LogP contribution < -0.4 is 5.32 Å². The number of carbonyl (C=O) groups is 1. The molecule has 0 saturated carbocycles. The number of rotatable bonds is 6. The third-order valence-electron chi connectivity index (χ3n) is 3.74. The van der Waals surface area contributed by atoms with E-state index < -0.39 is 4.75 Å². The Morgan fingerprint density at radius 1 is 1.24 bits per heavy atom. The van der Waals surface area contributed by atoms with E-state index in [0.717, 1.165) is 17.1 Å². The van der Waals surface area contributed by atoms with Gasteiger partial charge in [-0.3, -0.25) is 4.79 Å². The summed E-state index contributed by atoms with van der Waals surface area (Å²) in [6.07, 6.45) is 3.24. The molecule has 1 aromatic carbocycles. The first kappa shape index (κ1) is 17.3. The van der Waals surface area contributed by atoms with Crippen LogP contribution in [-0.4, -0.2) is 25.4 Å². The summed E-state index contributed by atoms with van der Waals surface area (Å²) < 4.78 is 6.41. The molecule has 6 nitrogen and oxygen atoms in total. The van der Waals surface area contributed by atoms with Gasteiger partial charge in [-0.25, -0.2) is 0 Å². The Morgan fingerprint density at radius 3 is 2.64 bits per heavy atom. The summed E-state index contributed by atoms with van der Waals surface area (Å²) in [5, 5.41) is 12.2. The van der Waals surface area contributed by atoms with Gasteiger partial charge in [0.15, 0.2) is 11.0 Å². The van der Waals surface area contributed by atoms with Crippen LogP contribution in [0.5, 0.6) is 0 Å². The first-order chi connectivity index (χ1) is 12.0. The fraction of sp³-hybridized carbons (Fsp3) is 0.278. The molecule has 7 heteroatoms. The van der Waals surface area contributed by atoms with Gasteiger partial charge in [0.05, 0.1) is 16.6 Å². The zero-order valence-corrected chi connectivity index (χ0v) is 15.2. The Bertz CT molecular complexity index is 841. The van der Waals surface area contributed by atoms with Crippen molar-refractivity contribution in [1.82, 2.24) is 14.8 Å². The molecule has 0 unspecified atom stereocenters. The van der Waals surface area contributed by atoms with Gasteiger partial charge in [-0.15, -0.1) is 10.2 Å². The summed E-state index contributed by atoms with van der Waals surface area (Å²) in [7, 11) is 0. The monoisotopic (exact) mass is 356 g/mol. The van der Waals surface area contributed by atoms with Gasteiger partial charge in [0.2, 0.25) is 5.91 Å². The zero-order valence-electron chi connectivity index (χ0n) is 14.4. The standard InChI is InChI=1S/C18H20N4O2S/c1-4-22-15(13-10-11-24-12-13)20-21-17(22)25-18(2,3)16(23)19-14-8-6-5-7-9-14/h5-12H,4H2,1-3H3,(H,19,23). The molecule has 0 atom stereocenters. The minimum atomic E-state index is -0.705. The molecule has 0 aliphatic heterocycles. The minimum absolute atomic E-state index is 0.0841. The van der Waals surface area contributed by atoms with E-state index in [9.17, 15) is 4.79 Å². The minimum Gasteiger partial charge on any atom is -0.472 e. The van der Waals surface area contributed by atoms with Gasteiger partial charge in [0.1, 0.15) is 6.26 Å². The average Bonchev–Trinajstić information content (AvgIpc) is 3.24. The second-order valence-corrected chi connectivity index (χ2v) is 7.58. The molecule has 3 rings (SSSR count). The van der Waals surface area contributed by atoms with Crippen molar-refractivity contribution in [3.63, 3.8) is 0 Å². The Hall–Kier alpha value is -2.54. The van der Waals surface area contributed by atoms with E-state index in [1.54, 1.807) is 12.5 Å². The van der Waals surface area contributed by atoms with Gasteiger partial charge in [-0.1, -0.05) is 30.0 Å². The second kappa shape index (κ2) is 7.14. The number of amides is 1. The van der Waals surface area contributed by atoms with Crippen molar-refractivity contribution in [2.75, 3.05) is 5.32 Å². The van der Waals surface area contributed by atoms with Crippen molar-refractivity contribution in [1.29, 1.82) is 0 Å². The summed E-state index contributed by atoms with van der Waals surface area (Å²) in [5.74, 6) is 0.650. The molecule has 0 aliphatic carbocycles. The van der Waals surface area contributed by atoms with Crippen molar-refractivity contribution >= 4 is 23.4 Å². The summed E-state index contributed by atoms with van der Waals surface area (Å²) in [6.45, 7) is 6.48. The molecule has 130 valence electrons. The zero-order chi connectivity index (χ0) is 17.9. The van der Waals surface area contributed by atoms with E-state index in [0.29, 0.717) is 11.7 Å². The van der Waals surface area contributed by atoms with E-state index in [1.165, 1.54) is 11.8 Å². The van der Waals surface area contributed by atoms with Crippen LogP contribution in [0.2, 0.25) is 0 Å². The van der Waals surface area contributed by atoms with Crippen LogP contribution in [0.3, 0.4) is 0 Å². The number of hydrogen-bond donors (Lipinski definition) is 1. The maximum Gasteiger partial charge on any atom is 0.240 e. The lowest BCUT2D eigenvalue weighted by atomic mass is 10.2. The molecule has 0 fully saturated rings. The molecular formula is C18H20N4O2S. The summed E-state index contributed by atoms with van der Waals surface area (Å²) >= 11 is 1.39. The van der Waals surface area contributed by atoms with Crippen LogP contribution >= 0.6 is 11.8 Å². The molecular weight excluding hydrogens is 336 g/mol. The third-order valence-corrected chi connectivity index (χ3v) is 4.92. The van der Waals surface area contributed by atoms with Gasteiger partial charge in [-0.2, -0.15) is 0 Å². The fourth-order valence-corrected chi connectivity index (χ4v) is 3.34. The highest BCUT2D eigenvalue weighted by Gasteiger charge is 2.32. The van der Waals surface area contributed by atoms with Crippen LogP contribution in [0.25, 0.3) is 11.4 Å². The van der Waals surface area contributed by atoms with Crippen LogP contribution in [0.4, 0.5) is 5.69 Å². The van der Waals surface area contributed by atoms with Crippen LogP contribution in [-0.2, 0) is 11.3 Å². The SMILES string of the molecule is CCn1c(SC(C)(C)C(=O)Nc2ccccc2)nnc1-c1ccoc1. The van der Waals surface area contributed by atoms with Gasteiger partial charge < -0.3 is 14.3 Å². The number of benzene rings is 1. The van der Waals surface area contributed by atoms with Gasteiger partial charge >= 0.3 is 0 Å². The third kappa shape index (κ3) is 3.76. The maximum absolute atomic E-state index is 12.7. The highest BCUT2D eigenvalue weighted by Crippen LogP contribution is 2.34. The predicted molar refractivity (Wildman–Crippen MR) is 98.4 cm³/mol. The van der Waals surface area contributed by atoms with Crippen LogP contribution in [0.15, 0.2) is 58.5 Å². The number of nitrogens with one attached hydrogen (secondary N) is 1. The lowest BCUT2D eigenvalue weighted by Gasteiger charge is -2.22. The van der Waals surface area contributed by atoms with E-state index in [-0.39, 0.29) is 5.91 Å². The second-order valence-electron chi connectivity index (χ2n) is 5.99. The maximum atomic E-state index is 12.7. The normalized spacial score (nSPS) is 11.5. The molecule has 0 saturated heterocycles. The van der Waals surface area contributed by atoms with Gasteiger partial charge in [0.25, 0.3) is 0 Å². The van der Waals surface area contributed by atoms with Crippen molar-refractivity contribution in [3.8, 4) is 11.4 Å². The van der Waals surface area contributed by atoms with Crippen molar-refractivity contribution in [2.45, 2.75) is 37.2 Å². The number of anilines is 1. The number of furan rings is 1. The molecule has 25 heavy (non-hydrogen) atoms. The highest BCUT2D eigenvalue weighted by atomic mass is 32.2. The summed E-state index contributed by atoms with van der Waals surface area (Å²) in [6, 6.07) is 11.3. The molecule has 0 radical (unpaired) electrons. The number of para-hydroxylation sites is 1. The summed E-state index contributed by atoms with van der Waals surface area (Å²) in [5.41, 5.74) is 1.64. The number of aromatic nitrogens is 3. The molecule has 1 amide bonds. The van der Waals surface area contributed by atoms with E-state index >= 15 is 0 Å². The Labute approximate surface area is 150 Å². The molecule has 3 aromatic rings. The topological polar surface area (TPSA) is 73.0 Å². The smallest absolute Gasteiger partial charge is 0.240 e. The molecule has 0 bridgehead atoms. The molecule has 0 aliphatic rings. The van der Waals surface area contributed by atoms with Gasteiger partial charge in [0, 0.05) is 12.2 Å². The lowest BCUT2D eigenvalue weighted by Crippen LogP contribution is -2.34. The highest BCUT2D eigenvalue weighted by molar-refractivity contribution is 8.01. The Balaban J connectivity index is 1.80. The van der Waals surface area contributed by atoms with Crippen molar-refractivity contribution < 1.29 is 9.21 Å². The van der Waals surface area contributed by atoms with Crippen LogP contribution in [0.1, 0.15) is 20.8 Å². The Morgan fingerprint density at radius 2 is 2.00 bits per heavy atom. The van der Waals surface area contributed by atoms with E-state index in [1.807, 2.05) is 61.7 Å². The number of carbonyl (C=O) groups excluding carboxylic acids is 1. The molecule has 1 N–H and O–H groups in total. The van der Waals surface area contributed by atoms with Crippen LogP contribution in [0, 0.1) is 0 Å². The van der Waals surface area contributed by atoms with Crippen molar-refractivity contribution in [2.24, 2.45) is 0 Å². The first-order valence-corrected chi connectivity index (χ1v) is 8.84. The first-order valence-electron chi connectivity index (χ1n) is 8.02. The summed E-state index contributed by atoms with van der Waals surface area (Å²) in [4.78, 5) is 12.7. The molecule has 2 aromatic heterocycles. The average molecular weight is 356 g/mol. The predicted octanol–water partition coefficient (Wildman–Crippen LogP) is 4.07. The van der Waals surface area contributed by atoms with Crippen molar-refractivity contribution in [3.05, 3.63) is 48.9 Å². The number of hydrogen-bond acceptors (Lipinski definition) is 5. The largest absolute Gasteiger partial charge is 0.472 e. The van der Waals surface area contributed by atoms with E-state index in [2.05, 4.69) is 15.5 Å². The fourth-order valence-electron chi connectivity index (χ4n) is 2.33. The van der Waals surface area contributed by atoms with Gasteiger partial charge in [-0.05, 0) is 39.0 Å². The number of nitrogens with zero attached hydrogens (tertiary/aromatic N) is 3. The quantitative estimate of drug-likeness (QED) is 0.674. The molecule has 0 spiro atoms. The molecule has 2 heterocycles. The van der Waals surface area contributed by atoms with E-state index in [4.69, 9.17) is 4.42 Å². The lowest BCUT2D eigenvalue weighted by molar-refractivity contribution is -0.117. The number of thioether (sulfide) groups is 1.